The van der Waals surface area contributed by atoms with Gasteiger partial charge in [0.2, 0.25) is 0 Å². The topological polar surface area (TPSA) is 37.3 Å². The second-order valence-electron chi connectivity index (χ2n) is 3.59. The largest absolute Gasteiger partial charge is 0.481 e. The number of carbonyl (C=O) groups is 1. The lowest BCUT2D eigenvalue weighted by Gasteiger charge is -2.09. The minimum Gasteiger partial charge on any atom is -0.481 e. The van der Waals surface area contributed by atoms with Crippen molar-refractivity contribution < 1.29 is 9.90 Å². The molecule has 0 spiro atoms. The lowest BCUT2D eigenvalue weighted by atomic mass is 9.96. The number of carboxylic acid groups (broad SMARTS) is 1. The van der Waals surface area contributed by atoms with Gasteiger partial charge in [-0.05, 0) is 23.5 Å². The molecule has 1 aromatic carbocycles. The molecule has 0 aliphatic carbocycles. The zero-order valence-corrected chi connectivity index (χ0v) is 8.66. The molecule has 1 atom stereocenters. The summed E-state index contributed by atoms with van der Waals surface area (Å²) in [5, 5.41) is 8.65. The zero-order valence-electron chi connectivity index (χ0n) is 8.66. The minimum absolute atomic E-state index is 0.0957. The Bertz CT molecular complexity index is 301. The third-order valence-corrected chi connectivity index (χ3v) is 2.44. The highest BCUT2D eigenvalue weighted by atomic mass is 16.4. The number of aryl methyl sites for hydroxylation is 1. The maximum atomic E-state index is 10.5. The SMILES string of the molecule is CCc1ccc([C@H](C)CC(=O)O)cc1. The van der Waals surface area contributed by atoms with E-state index in [1.807, 2.05) is 19.1 Å². The van der Waals surface area contributed by atoms with Gasteiger partial charge in [-0.1, -0.05) is 38.1 Å². The third-order valence-electron chi connectivity index (χ3n) is 2.44. The van der Waals surface area contributed by atoms with Crippen LogP contribution in [0.4, 0.5) is 0 Å². The Morgan fingerprint density at radius 1 is 1.36 bits per heavy atom. The second-order valence-corrected chi connectivity index (χ2v) is 3.59. The lowest BCUT2D eigenvalue weighted by molar-refractivity contribution is -0.137. The van der Waals surface area contributed by atoms with E-state index in [9.17, 15) is 4.79 Å². The maximum Gasteiger partial charge on any atom is 0.303 e. The van der Waals surface area contributed by atoms with Crippen LogP contribution in [0.5, 0.6) is 0 Å². The molecular formula is C12H16O2. The minimum atomic E-state index is -0.739. The molecule has 0 aliphatic heterocycles. The van der Waals surface area contributed by atoms with Crippen LogP contribution in [-0.4, -0.2) is 11.1 Å². The Labute approximate surface area is 84.6 Å². The number of carboxylic acids is 1. The number of aliphatic carboxylic acids is 1. The molecule has 0 saturated carbocycles. The third kappa shape index (κ3) is 2.87. The molecule has 1 N–H and O–H groups in total. The van der Waals surface area contributed by atoms with E-state index in [0.29, 0.717) is 0 Å². The lowest BCUT2D eigenvalue weighted by Crippen LogP contribution is -2.02. The van der Waals surface area contributed by atoms with Crippen LogP contribution < -0.4 is 0 Å². The Balaban J connectivity index is 2.71. The highest BCUT2D eigenvalue weighted by Gasteiger charge is 2.09. The average molecular weight is 192 g/mol. The van der Waals surface area contributed by atoms with E-state index in [4.69, 9.17) is 5.11 Å². The van der Waals surface area contributed by atoms with E-state index in [0.717, 1.165) is 12.0 Å². The summed E-state index contributed by atoms with van der Waals surface area (Å²) in [6.45, 7) is 4.05. The van der Waals surface area contributed by atoms with Gasteiger partial charge in [-0.3, -0.25) is 4.79 Å². The van der Waals surface area contributed by atoms with E-state index >= 15 is 0 Å². The molecule has 0 fully saturated rings. The molecule has 2 heteroatoms. The smallest absolute Gasteiger partial charge is 0.303 e. The molecule has 0 amide bonds. The van der Waals surface area contributed by atoms with Crippen molar-refractivity contribution in [3.63, 3.8) is 0 Å². The standard InChI is InChI=1S/C12H16O2/c1-3-10-4-6-11(7-5-10)9(2)8-12(13)14/h4-7,9H,3,8H2,1-2H3,(H,13,14)/t9-/m1/s1. The predicted molar refractivity (Wildman–Crippen MR) is 56.5 cm³/mol. The Morgan fingerprint density at radius 2 is 1.93 bits per heavy atom. The van der Waals surface area contributed by atoms with Gasteiger partial charge in [-0.25, -0.2) is 0 Å². The summed E-state index contributed by atoms with van der Waals surface area (Å²) >= 11 is 0. The van der Waals surface area contributed by atoms with Crippen LogP contribution in [0.3, 0.4) is 0 Å². The van der Waals surface area contributed by atoms with Crippen LogP contribution in [0, 0.1) is 0 Å². The van der Waals surface area contributed by atoms with Crippen LogP contribution >= 0.6 is 0 Å². The average Bonchev–Trinajstić information content (AvgIpc) is 2.17. The Hall–Kier alpha value is -1.31. The monoisotopic (exact) mass is 192 g/mol. The molecule has 0 heterocycles. The van der Waals surface area contributed by atoms with E-state index in [1.165, 1.54) is 5.56 Å². The van der Waals surface area contributed by atoms with Gasteiger partial charge >= 0.3 is 5.97 Å². The second kappa shape index (κ2) is 4.80. The summed E-state index contributed by atoms with van der Waals surface area (Å²) in [4.78, 5) is 10.5. The maximum absolute atomic E-state index is 10.5. The van der Waals surface area contributed by atoms with Gasteiger partial charge in [0.05, 0.1) is 6.42 Å². The first kappa shape index (κ1) is 10.8. The van der Waals surface area contributed by atoms with Crippen LogP contribution in [0.1, 0.15) is 37.3 Å². The van der Waals surface area contributed by atoms with Crippen molar-refractivity contribution in [2.45, 2.75) is 32.6 Å². The molecule has 76 valence electrons. The van der Waals surface area contributed by atoms with E-state index in [1.54, 1.807) is 0 Å². The molecule has 0 aliphatic rings. The quantitative estimate of drug-likeness (QED) is 0.796. The summed E-state index contributed by atoms with van der Waals surface area (Å²) in [7, 11) is 0. The van der Waals surface area contributed by atoms with Gasteiger partial charge in [0.15, 0.2) is 0 Å². The van der Waals surface area contributed by atoms with Crippen molar-refractivity contribution in [3.05, 3.63) is 35.4 Å². The van der Waals surface area contributed by atoms with E-state index in [2.05, 4.69) is 19.1 Å². The van der Waals surface area contributed by atoms with Gasteiger partial charge in [0.1, 0.15) is 0 Å². The van der Waals surface area contributed by atoms with Crippen molar-refractivity contribution in [1.82, 2.24) is 0 Å². The molecule has 1 aromatic rings. The zero-order chi connectivity index (χ0) is 10.6. The highest BCUT2D eigenvalue weighted by molar-refractivity contribution is 5.67. The first-order valence-corrected chi connectivity index (χ1v) is 4.94. The van der Waals surface area contributed by atoms with Crippen molar-refractivity contribution in [2.24, 2.45) is 0 Å². The van der Waals surface area contributed by atoms with Gasteiger partial charge in [-0.15, -0.1) is 0 Å². The molecule has 1 rings (SSSR count). The van der Waals surface area contributed by atoms with Gasteiger partial charge in [0, 0.05) is 0 Å². The van der Waals surface area contributed by atoms with Crippen molar-refractivity contribution in [2.75, 3.05) is 0 Å². The summed E-state index contributed by atoms with van der Waals surface area (Å²) in [5.74, 6) is -0.643. The molecule has 0 unspecified atom stereocenters. The van der Waals surface area contributed by atoms with Crippen LogP contribution in [-0.2, 0) is 11.2 Å². The van der Waals surface area contributed by atoms with E-state index < -0.39 is 5.97 Å². The molecule has 0 aromatic heterocycles. The molecule has 0 saturated heterocycles. The fourth-order valence-corrected chi connectivity index (χ4v) is 1.46. The van der Waals surface area contributed by atoms with Gasteiger partial charge < -0.3 is 5.11 Å². The van der Waals surface area contributed by atoms with Crippen LogP contribution in [0.15, 0.2) is 24.3 Å². The number of benzene rings is 1. The fraction of sp³-hybridized carbons (Fsp3) is 0.417. The van der Waals surface area contributed by atoms with E-state index in [-0.39, 0.29) is 12.3 Å². The summed E-state index contributed by atoms with van der Waals surface area (Å²) < 4.78 is 0. The normalized spacial score (nSPS) is 12.4. The fourth-order valence-electron chi connectivity index (χ4n) is 1.46. The molecular weight excluding hydrogens is 176 g/mol. The predicted octanol–water partition coefficient (Wildman–Crippen LogP) is 2.83. The van der Waals surface area contributed by atoms with Crippen molar-refractivity contribution in [3.8, 4) is 0 Å². The van der Waals surface area contributed by atoms with Crippen molar-refractivity contribution in [1.29, 1.82) is 0 Å². The summed E-state index contributed by atoms with van der Waals surface area (Å²) in [6, 6.07) is 8.17. The Kier molecular flexibility index (Phi) is 3.69. The summed E-state index contributed by atoms with van der Waals surface area (Å²) in [6.07, 6.45) is 1.22. The summed E-state index contributed by atoms with van der Waals surface area (Å²) in [5.41, 5.74) is 2.39. The van der Waals surface area contributed by atoms with Crippen LogP contribution in [0.2, 0.25) is 0 Å². The number of hydrogen-bond donors (Lipinski definition) is 1. The molecule has 2 nitrogen and oxygen atoms in total. The number of rotatable bonds is 4. The van der Waals surface area contributed by atoms with Gasteiger partial charge in [-0.2, -0.15) is 0 Å². The van der Waals surface area contributed by atoms with Crippen LogP contribution in [0.25, 0.3) is 0 Å². The first-order chi connectivity index (χ1) is 6.63. The first-order valence-electron chi connectivity index (χ1n) is 4.94. The molecule has 0 radical (unpaired) electrons. The van der Waals surface area contributed by atoms with Crippen molar-refractivity contribution >= 4 is 5.97 Å². The highest BCUT2D eigenvalue weighted by Crippen LogP contribution is 2.19. The Morgan fingerprint density at radius 3 is 2.36 bits per heavy atom. The molecule has 0 bridgehead atoms. The van der Waals surface area contributed by atoms with Gasteiger partial charge in [0.25, 0.3) is 0 Å². The molecule has 14 heavy (non-hydrogen) atoms. The number of hydrogen-bond acceptors (Lipinski definition) is 1.